The van der Waals surface area contributed by atoms with Crippen molar-refractivity contribution in [2.75, 3.05) is 19.6 Å². The minimum absolute atomic E-state index is 0.0343. The second-order valence-corrected chi connectivity index (χ2v) is 9.84. The fourth-order valence-corrected chi connectivity index (χ4v) is 5.50. The molecule has 1 fully saturated rings. The maximum absolute atomic E-state index is 14.2. The van der Waals surface area contributed by atoms with Crippen molar-refractivity contribution < 1.29 is 31.5 Å². The van der Waals surface area contributed by atoms with Crippen molar-refractivity contribution in [1.29, 1.82) is 0 Å². The van der Waals surface area contributed by atoms with E-state index >= 15 is 0 Å². The van der Waals surface area contributed by atoms with Gasteiger partial charge in [0.2, 0.25) is 0 Å². The van der Waals surface area contributed by atoms with Crippen molar-refractivity contribution >= 4 is 28.8 Å². The molecule has 0 radical (unpaired) electrons. The van der Waals surface area contributed by atoms with Gasteiger partial charge in [0.25, 0.3) is 12.3 Å². The van der Waals surface area contributed by atoms with Crippen LogP contribution in [-0.4, -0.2) is 41.5 Å². The van der Waals surface area contributed by atoms with E-state index in [2.05, 4.69) is 10.3 Å². The third-order valence-electron chi connectivity index (χ3n) is 6.10. The topological polar surface area (TPSA) is 54.5 Å². The van der Waals surface area contributed by atoms with E-state index in [0.717, 1.165) is 23.5 Å². The molecule has 1 amide bonds. The van der Waals surface area contributed by atoms with Crippen LogP contribution >= 0.6 is 22.9 Å². The molecule has 0 aliphatic carbocycles. The van der Waals surface area contributed by atoms with Gasteiger partial charge >= 0.3 is 0 Å². The molecule has 1 N–H and O–H groups in total. The molecule has 2 aromatic carbocycles. The molecule has 1 saturated heterocycles. The lowest BCUT2D eigenvalue weighted by atomic mass is 10.0. The molecule has 4 rings (SSSR count). The van der Waals surface area contributed by atoms with E-state index in [1.54, 1.807) is 0 Å². The summed E-state index contributed by atoms with van der Waals surface area (Å²) in [6, 6.07) is 6.43. The van der Waals surface area contributed by atoms with Crippen molar-refractivity contribution in [3.05, 3.63) is 86.1 Å². The van der Waals surface area contributed by atoms with Gasteiger partial charge in [-0.25, -0.2) is 26.9 Å². The molecule has 1 aliphatic heterocycles. The number of hydrogen-bond donors (Lipinski definition) is 1. The van der Waals surface area contributed by atoms with E-state index in [4.69, 9.17) is 16.3 Å². The van der Waals surface area contributed by atoms with Gasteiger partial charge in [0.1, 0.15) is 23.1 Å². The van der Waals surface area contributed by atoms with Crippen LogP contribution in [0.3, 0.4) is 0 Å². The summed E-state index contributed by atoms with van der Waals surface area (Å²) in [4.78, 5) is 18.7. The Labute approximate surface area is 219 Å². The van der Waals surface area contributed by atoms with Crippen molar-refractivity contribution in [2.24, 2.45) is 0 Å². The first-order valence-electron chi connectivity index (χ1n) is 11.5. The van der Waals surface area contributed by atoms with E-state index in [1.807, 2.05) is 4.90 Å². The predicted octanol–water partition coefficient (Wildman–Crippen LogP) is 6.30. The summed E-state index contributed by atoms with van der Waals surface area (Å²) in [7, 11) is 0. The van der Waals surface area contributed by atoms with Crippen LogP contribution in [-0.2, 0) is 11.3 Å². The normalized spacial score (nSPS) is 15.8. The zero-order valence-corrected chi connectivity index (χ0v) is 21.0. The van der Waals surface area contributed by atoms with Crippen molar-refractivity contribution in [2.45, 2.75) is 38.0 Å². The van der Waals surface area contributed by atoms with Gasteiger partial charge in [0.05, 0.1) is 39.7 Å². The second-order valence-electron chi connectivity index (χ2n) is 8.55. The quantitative estimate of drug-likeness (QED) is 0.313. The summed E-state index contributed by atoms with van der Waals surface area (Å²) in [6.07, 6.45) is -1.94. The number of piperidine rings is 1. The van der Waals surface area contributed by atoms with Crippen LogP contribution in [0.1, 0.15) is 51.8 Å². The zero-order valence-electron chi connectivity index (χ0n) is 19.4. The first kappa shape index (κ1) is 27.4. The number of amides is 1. The Morgan fingerprint density at radius 2 is 1.86 bits per heavy atom. The molecule has 0 bridgehead atoms. The van der Waals surface area contributed by atoms with Crippen molar-refractivity contribution in [1.82, 2.24) is 15.2 Å². The highest BCUT2D eigenvalue weighted by Gasteiger charge is 2.32. The molecule has 3 aromatic rings. The molecule has 1 aliphatic rings. The van der Waals surface area contributed by atoms with Crippen LogP contribution in [0.25, 0.3) is 0 Å². The minimum Gasteiger partial charge on any atom is -0.373 e. The number of halogens is 6. The van der Waals surface area contributed by atoms with Crippen molar-refractivity contribution in [3.8, 4) is 0 Å². The number of carbonyl (C=O) groups is 1. The summed E-state index contributed by atoms with van der Waals surface area (Å²) in [6.45, 7) is 0.861. The Hall–Kier alpha value is -2.60. The maximum Gasteiger partial charge on any atom is 0.281 e. The molecule has 198 valence electrons. The Bertz CT molecular complexity index is 1200. The van der Waals surface area contributed by atoms with Gasteiger partial charge in [-0.05, 0) is 42.7 Å². The van der Waals surface area contributed by atoms with E-state index in [1.165, 1.54) is 29.8 Å². The predicted molar refractivity (Wildman–Crippen MR) is 129 cm³/mol. The summed E-state index contributed by atoms with van der Waals surface area (Å²) in [5.41, 5.74) is 1.02. The van der Waals surface area contributed by atoms with E-state index in [0.29, 0.717) is 36.4 Å². The highest BCUT2D eigenvalue weighted by molar-refractivity contribution is 7.09. The monoisotopic (exact) mass is 559 g/mol. The minimum atomic E-state index is -2.80. The van der Waals surface area contributed by atoms with Crippen LogP contribution < -0.4 is 5.32 Å². The molecule has 1 atom stereocenters. The van der Waals surface area contributed by atoms with Crippen LogP contribution in [0.4, 0.5) is 22.0 Å². The molecule has 5 nitrogen and oxygen atoms in total. The molecule has 1 aromatic heterocycles. The van der Waals surface area contributed by atoms with E-state index < -0.39 is 35.8 Å². The zero-order chi connectivity index (χ0) is 26.5. The number of hydrogen-bond acceptors (Lipinski definition) is 5. The molecule has 12 heteroatoms. The third-order valence-corrected chi connectivity index (χ3v) is 7.37. The number of rotatable bonds is 9. The van der Waals surface area contributed by atoms with Gasteiger partial charge in [-0.1, -0.05) is 17.7 Å². The highest BCUT2D eigenvalue weighted by atomic mass is 35.5. The van der Waals surface area contributed by atoms with Gasteiger partial charge in [-0.3, -0.25) is 9.69 Å². The van der Waals surface area contributed by atoms with Crippen LogP contribution in [0.5, 0.6) is 0 Å². The first-order chi connectivity index (χ1) is 17.7. The fourth-order valence-electron chi connectivity index (χ4n) is 4.32. The number of ether oxygens (including phenoxy) is 1. The van der Waals surface area contributed by atoms with Crippen LogP contribution in [0, 0.1) is 17.5 Å². The van der Waals surface area contributed by atoms with Crippen LogP contribution in [0.2, 0.25) is 5.02 Å². The van der Waals surface area contributed by atoms with Gasteiger partial charge < -0.3 is 10.1 Å². The summed E-state index contributed by atoms with van der Waals surface area (Å²) in [5.74, 6) is -2.91. The van der Waals surface area contributed by atoms with E-state index in [9.17, 15) is 26.7 Å². The first-order valence-corrected chi connectivity index (χ1v) is 12.7. The van der Waals surface area contributed by atoms with Crippen molar-refractivity contribution in [3.63, 3.8) is 0 Å². The lowest BCUT2D eigenvalue weighted by Gasteiger charge is -2.37. The highest BCUT2D eigenvalue weighted by Crippen LogP contribution is 2.34. The van der Waals surface area contributed by atoms with Gasteiger partial charge in [-0.15, -0.1) is 11.3 Å². The lowest BCUT2D eigenvalue weighted by molar-refractivity contribution is -0.0114. The smallest absolute Gasteiger partial charge is 0.281 e. The molecular formula is C25H23ClF5N3O2S. The fraction of sp³-hybridized carbons (Fsp3) is 0.360. The number of nitrogens with one attached hydrogen (secondary N) is 1. The Morgan fingerprint density at radius 3 is 2.51 bits per heavy atom. The number of aromatic nitrogens is 1. The molecule has 0 saturated carbocycles. The Kier molecular flexibility index (Phi) is 9.12. The molecule has 37 heavy (non-hydrogen) atoms. The SMILES string of the molecule is O=C(NCC(c1scnc1C(F)F)N1CCC(OCc2cc(F)cc(F)c2)CC1)c1c(F)cccc1Cl. The van der Waals surface area contributed by atoms with Crippen LogP contribution in [0.15, 0.2) is 41.9 Å². The molecule has 1 unspecified atom stereocenters. The third kappa shape index (κ3) is 6.84. The van der Waals surface area contributed by atoms with Gasteiger partial charge in [-0.2, -0.15) is 0 Å². The van der Waals surface area contributed by atoms with Gasteiger partial charge in [0.15, 0.2) is 0 Å². The average Bonchev–Trinajstić information content (AvgIpc) is 3.33. The Morgan fingerprint density at radius 1 is 1.16 bits per heavy atom. The maximum atomic E-state index is 14.2. The lowest BCUT2D eigenvalue weighted by Crippen LogP contribution is -2.44. The summed E-state index contributed by atoms with van der Waals surface area (Å²) < 4.78 is 74.1. The second kappa shape index (κ2) is 12.3. The standard InChI is InChI=1S/C25H23ClF5N3O2S/c26-18-2-1-3-19(29)21(18)25(35)32-11-20(23-22(24(30)31)33-13-37-23)34-6-4-17(5-7-34)36-12-14-8-15(27)10-16(28)9-14/h1-3,8-10,13,17,20,24H,4-7,11-12H2,(H,32,35). The number of benzene rings is 2. The number of likely N-dealkylation sites (tertiary alicyclic amines) is 1. The van der Waals surface area contributed by atoms with Gasteiger partial charge in [0, 0.05) is 25.7 Å². The number of nitrogens with zero attached hydrogens (tertiary/aromatic N) is 2. The summed E-state index contributed by atoms with van der Waals surface area (Å²) >= 11 is 7.05. The number of alkyl halides is 2. The molecule has 2 heterocycles. The molecular weight excluding hydrogens is 537 g/mol. The molecule has 0 spiro atoms. The Balaban J connectivity index is 1.43. The average molecular weight is 560 g/mol. The number of thiazole rings is 1. The van der Waals surface area contributed by atoms with E-state index in [-0.39, 0.29) is 35.5 Å². The number of carbonyl (C=O) groups excluding carboxylic acids is 1. The largest absolute Gasteiger partial charge is 0.373 e. The summed E-state index contributed by atoms with van der Waals surface area (Å²) in [5, 5.41) is 2.57.